The molecule has 1 radical (unpaired) electrons. The molecule has 6 heteroatoms. The molecule has 0 amide bonds. The van der Waals surface area contributed by atoms with Gasteiger partial charge in [0.15, 0.2) is 0 Å². The van der Waals surface area contributed by atoms with E-state index in [0.717, 1.165) is 0 Å². The second-order valence-corrected chi connectivity index (χ2v) is 0. The Morgan fingerprint density at radius 3 is 0.333 bits per heavy atom. The zero-order valence-corrected chi connectivity index (χ0v) is 14.7. The Hall–Kier alpha value is 4.04. The van der Waals surface area contributed by atoms with Gasteiger partial charge in [-0.3, -0.25) is 0 Å². The fraction of sp³-hybridized carbons (Fsp3) is 0. The molecule has 0 aliphatic rings. The molecule has 0 unspecified atom stereocenters. The first kappa shape index (κ1) is 50.3. The van der Waals surface area contributed by atoms with Gasteiger partial charge in [0, 0.05) is 51.4 Å². The van der Waals surface area contributed by atoms with Crippen LogP contribution in [0.5, 0.6) is 0 Å². The smallest absolute Gasteiger partial charge is 0 e. The van der Waals surface area contributed by atoms with Crippen LogP contribution in [0.1, 0.15) is 0 Å². The van der Waals surface area contributed by atoms with Crippen LogP contribution in [-0.4, -0.2) is 51.4 Å². The summed E-state index contributed by atoms with van der Waals surface area (Å²) in [5.74, 6) is 0. The van der Waals surface area contributed by atoms with Crippen molar-refractivity contribution >= 4 is 136 Å². The van der Waals surface area contributed by atoms with Crippen molar-refractivity contribution in [3.05, 3.63) is 0 Å². The quantitative estimate of drug-likeness (QED) is 0.505. The first-order chi connectivity index (χ1) is 0. The van der Waals surface area contributed by atoms with E-state index in [1.54, 1.807) is 0 Å². The molecule has 0 N–H and O–H groups in total. The van der Waals surface area contributed by atoms with Crippen molar-refractivity contribution in [2.75, 3.05) is 0 Å². The predicted molar refractivity (Wildman–Crippen MR) is 57.4 cm³/mol. The molecular formula is H5Br5K. The zero-order valence-electron chi connectivity index (χ0n) is 3.04. The van der Waals surface area contributed by atoms with E-state index < -0.39 is 0 Å². The minimum atomic E-state index is 0. The van der Waals surface area contributed by atoms with Crippen molar-refractivity contribution in [3.63, 3.8) is 0 Å². The number of hydrogen-bond acceptors (Lipinski definition) is 0. The standard InChI is InChI=1S/5BrH.K/h5*1H;. The molecule has 0 heterocycles. The zero-order chi connectivity index (χ0) is 0. The molecule has 0 aromatic rings. The number of rotatable bonds is 0. The van der Waals surface area contributed by atoms with E-state index in [0.29, 0.717) is 0 Å². The predicted octanol–water partition coefficient (Wildman–Crippen LogP) is 2.51. The number of hydrogen-bond donors (Lipinski definition) is 0. The van der Waals surface area contributed by atoms with E-state index >= 15 is 0 Å². The maximum absolute atomic E-state index is 0. The van der Waals surface area contributed by atoms with Crippen LogP contribution in [0.4, 0.5) is 0 Å². The molecule has 0 aromatic carbocycles. The van der Waals surface area contributed by atoms with Gasteiger partial charge in [0.25, 0.3) is 0 Å². The second kappa shape index (κ2) is 35.8. The summed E-state index contributed by atoms with van der Waals surface area (Å²) in [6.45, 7) is 0. The maximum Gasteiger partial charge on any atom is 0 e. The topological polar surface area (TPSA) is 0 Å². The fourth-order valence-electron chi connectivity index (χ4n) is 0. The first-order valence-electron chi connectivity index (χ1n) is 0. The van der Waals surface area contributed by atoms with E-state index in [4.69, 9.17) is 0 Å². The molecule has 0 saturated carbocycles. The van der Waals surface area contributed by atoms with Crippen LogP contribution in [-0.2, 0) is 0 Å². The summed E-state index contributed by atoms with van der Waals surface area (Å²) < 4.78 is 0. The molecule has 0 aliphatic heterocycles. The molecule has 0 aromatic heterocycles. The molecule has 0 fully saturated rings. The van der Waals surface area contributed by atoms with Gasteiger partial charge >= 0.3 is 0 Å². The van der Waals surface area contributed by atoms with E-state index in [1.807, 2.05) is 0 Å². The Bertz CT molecular complexity index is 3.90. The Labute approximate surface area is 133 Å². The maximum atomic E-state index is 0. The van der Waals surface area contributed by atoms with Crippen LogP contribution in [0, 0.1) is 0 Å². The van der Waals surface area contributed by atoms with Gasteiger partial charge in [0.2, 0.25) is 0 Å². The van der Waals surface area contributed by atoms with Gasteiger partial charge in [0.1, 0.15) is 0 Å². The van der Waals surface area contributed by atoms with E-state index in [1.165, 1.54) is 0 Å². The normalized spacial score (nSPS) is 0. The van der Waals surface area contributed by atoms with Crippen molar-refractivity contribution in [2.24, 2.45) is 0 Å². The molecule has 0 nitrogen and oxygen atoms in total. The molecule has 0 bridgehead atoms. The minimum absolute atomic E-state index is 0. The van der Waals surface area contributed by atoms with Gasteiger partial charge in [-0.05, 0) is 0 Å². The van der Waals surface area contributed by atoms with Gasteiger partial charge in [-0.2, -0.15) is 0 Å². The van der Waals surface area contributed by atoms with Crippen molar-refractivity contribution in [3.8, 4) is 0 Å². The fourth-order valence-corrected chi connectivity index (χ4v) is 0. The van der Waals surface area contributed by atoms with Gasteiger partial charge in [0.05, 0.1) is 0 Å². The minimum Gasteiger partial charge on any atom is -0.114 e. The molecule has 6 heavy (non-hydrogen) atoms. The Balaban J connectivity index is 0. The van der Waals surface area contributed by atoms with Gasteiger partial charge < -0.3 is 0 Å². The van der Waals surface area contributed by atoms with Crippen molar-refractivity contribution < 1.29 is 0 Å². The molecule has 0 rings (SSSR count). The molecular weight excluding hydrogens is 439 g/mol. The van der Waals surface area contributed by atoms with Gasteiger partial charge in [-0.15, -0.1) is 84.9 Å². The van der Waals surface area contributed by atoms with Crippen LogP contribution in [0.25, 0.3) is 0 Å². The summed E-state index contributed by atoms with van der Waals surface area (Å²) in [6, 6.07) is 0. The van der Waals surface area contributed by atoms with E-state index in [2.05, 4.69) is 0 Å². The monoisotopic (exact) mass is 439 g/mol. The summed E-state index contributed by atoms with van der Waals surface area (Å²) in [5, 5.41) is 0. The molecule has 41 valence electrons. The first-order valence-corrected chi connectivity index (χ1v) is 0. The van der Waals surface area contributed by atoms with Crippen LogP contribution in [0.2, 0.25) is 0 Å². The van der Waals surface area contributed by atoms with Crippen molar-refractivity contribution in [1.82, 2.24) is 0 Å². The van der Waals surface area contributed by atoms with E-state index in [9.17, 15) is 0 Å². The summed E-state index contributed by atoms with van der Waals surface area (Å²) >= 11 is 0. The van der Waals surface area contributed by atoms with Crippen LogP contribution in [0.15, 0.2) is 0 Å². The third kappa shape index (κ3) is 24.4. The summed E-state index contributed by atoms with van der Waals surface area (Å²) in [5.41, 5.74) is 0. The summed E-state index contributed by atoms with van der Waals surface area (Å²) in [4.78, 5) is 0. The Morgan fingerprint density at radius 1 is 0.333 bits per heavy atom. The molecule has 0 saturated heterocycles. The molecule has 0 spiro atoms. The van der Waals surface area contributed by atoms with E-state index in [-0.39, 0.29) is 136 Å². The summed E-state index contributed by atoms with van der Waals surface area (Å²) in [7, 11) is 0. The third-order valence-corrected chi connectivity index (χ3v) is 0. The van der Waals surface area contributed by atoms with Gasteiger partial charge in [-0.25, -0.2) is 0 Å². The number of halogens is 5. The average molecular weight is 444 g/mol. The Morgan fingerprint density at radius 2 is 0.333 bits per heavy atom. The van der Waals surface area contributed by atoms with Crippen LogP contribution in [0.3, 0.4) is 0 Å². The van der Waals surface area contributed by atoms with Gasteiger partial charge in [-0.1, -0.05) is 0 Å². The second-order valence-electron chi connectivity index (χ2n) is 0. The SMILES string of the molecule is Br.Br.Br.Br.Br.[K]. The van der Waals surface area contributed by atoms with Crippen molar-refractivity contribution in [2.45, 2.75) is 0 Å². The van der Waals surface area contributed by atoms with Crippen LogP contribution >= 0.6 is 84.9 Å². The largest absolute Gasteiger partial charge is 0.114 e. The molecule has 0 atom stereocenters. The summed E-state index contributed by atoms with van der Waals surface area (Å²) in [6.07, 6.45) is 0. The Kier molecular flexibility index (Phi) is 300. The molecule has 0 aliphatic carbocycles. The van der Waals surface area contributed by atoms with Crippen molar-refractivity contribution in [1.29, 1.82) is 0 Å². The van der Waals surface area contributed by atoms with Crippen LogP contribution < -0.4 is 0 Å². The third-order valence-electron chi connectivity index (χ3n) is 0. The average Bonchev–Trinajstić information content (AvgIpc) is 0.